The van der Waals surface area contributed by atoms with Gasteiger partial charge in [0.05, 0.1) is 0 Å². The van der Waals surface area contributed by atoms with Crippen molar-refractivity contribution in [3.8, 4) is 11.5 Å². The highest BCUT2D eigenvalue weighted by molar-refractivity contribution is 7.68. The molecule has 0 bridgehead atoms. The van der Waals surface area contributed by atoms with Gasteiger partial charge in [-0.3, -0.25) is 0 Å². The Balaban J connectivity index is 2.27. The van der Waals surface area contributed by atoms with E-state index in [0.29, 0.717) is 0 Å². The summed E-state index contributed by atoms with van der Waals surface area (Å²) >= 11 is 0. The predicted octanol–water partition coefficient (Wildman–Crippen LogP) is 5.42. The van der Waals surface area contributed by atoms with Crippen LogP contribution in [-0.2, 0) is 0 Å². The average molecular weight is 289 g/mol. The van der Waals surface area contributed by atoms with Crippen LogP contribution in [0.15, 0.2) is 60.7 Å². The van der Waals surface area contributed by atoms with Gasteiger partial charge < -0.3 is 9.05 Å². The van der Waals surface area contributed by atoms with Crippen LogP contribution < -0.4 is 9.05 Å². The molecule has 2 nitrogen and oxygen atoms in total. The molecule has 2 aromatic rings. The fourth-order valence-corrected chi connectivity index (χ4v) is 3.29. The highest BCUT2D eigenvalue weighted by atomic mass is 31.2. The molecule has 0 spiro atoms. The summed E-state index contributed by atoms with van der Waals surface area (Å²) in [6.45, 7) is 8.57. The van der Waals surface area contributed by atoms with Gasteiger partial charge in [-0.15, -0.1) is 0 Å². The summed E-state index contributed by atoms with van der Waals surface area (Å²) < 4.78 is 12.5. The molecule has 0 saturated heterocycles. The van der Waals surface area contributed by atoms with E-state index in [1.807, 2.05) is 60.7 Å². The largest absolute Gasteiger partial charge is 0.366 e. The molecular weight excluding hydrogens is 267 g/mol. The van der Waals surface area contributed by atoms with Crippen molar-refractivity contribution in [2.75, 3.05) is 6.66 Å². The van der Waals surface area contributed by atoms with Crippen molar-refractivity contribution >= 4 is 7.72 Å². The quantitative estimate of drug-likeness (QED) is 0.700. The van der Waals surface area contributed by atoms with Gasteiger partial charge in [0.15, 0.2) is 11.5 Å². The summed E-state index contributed by atoms with van der Waals surface area (Å²) in [6.07, 6.45) is 0. The van der Waals surface area contributed by atoms with Gasteiger partial charge in [-0.1, -0.05) is 36.4 Å². The predicted molar refractivity (Wildman–Crippen MR) is 86.7 cm³/mol. The number of para-hydroxylation sites is 2. The van der Waals surface area contributed by atoms with Gasteiger partial charge in [0.2, 0.25) is 0 Å². The lowest BCUT2D eigenvalue weighted by Crippen LogP contribution is -2.27. The Morgan fingerprint density at radius 3 is 1.35 bits per heavy atom. The van der Waals surface area contributed by atoms with Crippen LogP contribution in [0.25, 0.3) is 0 Å². The zero-order valence-corrected chi connectivity index (χ0v) is 13.4. The van der Waals surface area contributed by atoms with Gasteiger partial charge in [-0.25, -0.2) is 0 Å². The maximum absolute atomic E-state index is 6.26. The van der Waals surface area contributed by atoms with Gasteiger partial charge in [0.25, 0.3) is 0 Å². The van der Waals surface area contributed by atoms with Crippen LogP contribution in [0.2, 0.25) is 0 Å². The van der Waals surface area contributed by atoms with Crippen LogP contribution in [0.5, 0.6) is 11.5 Å². The molecule has 20 heavy (non-hydrogen) atoms. The maximum Gasteiger partial charge on any atom is 0.366 e. The smallest absolute Gasteiger partial charge is 0.310 e. The third-order valence-corrected chi connectivity index (χ3v) is 6.82. The maximum atomic E-state index is 6.26. The molecule has 0 aromatic heterocycles. The van der Waals surface area contributed by atoms with E-state index in [2.05, 4.69) is 27.4 Å². The second kappa shape index (κ2) is 5.85. The number of hydrogen-bond acceptors (Lipinski definition) is 2. The first-order valence-corrected chi connectivity index (χ1v) is 8.84. The Kier molecular flexibility index (Phi) is 4.35. The van der Waals surface area contributed by atoms with Crippen molar-refractivity contribution in [3.63, 3.8) is 0 Å². The van der Waals surface area contributed by atoms with E-state index in [0.717, 1.165) is 11.5 Å². The Labute approximate surface area is 122 Å². The van der Waals surface area contributed by atoms with Gasteiger partial charge in [-0.05, 0) is 45.0 Å². The summed E-state index contributed by atoms with van der Waals surface area (Å²) in [5, 5.41) is -0.0708. The first-order valence-electron chi connectivity index (χ1n) is 6.77. The summed E-state index contributed by atoms with van der Waals surface area (Å²) in [6, 6.07) is 19.8. The van der Waals surface area contributed by atoms with E-state index in [-0.39, 0.29) is 5.16 Å². The topological polar surface area (TPSA) is 18.5 Å². The fraction of sp³-hybridized carbons (Fsp3) is 0.294. The number of hydrogen-bond donors (Lipinski definition) is 0. The van der Waals surface area contributed by atoms with E-state index in [4.69, 9.17) is 9.05 Å². The second-order valence-electron chi connectivity index (χ2n) is 5.83. The molecule has 2 aromatic carbocycles. The van der Waals surface area contributed by atoms with Gasteiger partial charge >= 0.3 is 7.72 Å². The van der Waals surface area contributed by atoms with Crippen LogP contribution >= 0.6 is 7.72 Å². The normalized spacial score (nSPS) is 12.0. The van der Waals surface area contributed by atoms with Crippen LogP contribution in [0.4, 0.5) is 0 Å². The Bertz CT molecular complexity index is 490. The summed E-state index contributed by atoms with van der Waals surface area (Å²) in [4.78, 5) is 0. The van der Waals surface area contributed by atoms with Crippen molar-refractivity contribution in [2.24, 2.45) is 0 Å². The van der Waals surface area contributed by atoms with E-state index in [1.165, 1.54) is 0 Å². The second-order valence-corrected chi connectivity index (χ2v) is 9.22. The molecule has 0 heterocycles. The van der Waals surface area contributed by atoms with Crippen LogP contribution in [0, 0.1) is 0 Å². The zero-order chi connectivity index (χ0) is 14.6. The SMILES string of the molecule is CC(C)(C)[P+](C)(Oc1ccccc1)Oc1ccccc1. The van der Waals surface area contributed by atoms with E-state index < -0.39 is 7.72 Å². The lowest BCUT2D eigenvalue weighted by molar-refractivity contribution is 0.431. The summed E-state index contributed by atoms with van der Waals surface area (Å²) in [5.74, 6) is 1.71. The third kappa shape index (κ3) is 3.52. The highest BCUT2D eigenvalue weighted by Crippen LogP contribution is 2.66. The van der Waals surface area contributed by atoms with Gasteiger partial charge in [0.1, 0.15) is 11.8 Å². The van der Waals surface area contributed by atoms with Gasteiger partial charge in [0, 0.05) is 0 Å². The van der Waals surface area contributed by atoms with Crippen molar-refractivity contribution in [3.05, 3.63) is 60.7 Å². The van der Waals surface area contributed by atoms with Crippen molar-refractivity contribution in [1.82, 2.24) is 0 Å². The van der Waals surface area contributed by atoms with Gasteiger partial charge in [-0.2, -0.15) is 0 Å². The molecule has 0 aliphatic carbocycles. The molecule has 3 heteroatoms. The highest BCUT2D eigenvalue weighted by Gasteiger charge is 2.52. The standard InChI is InChI=1S/C17H22O2P/c1-17(2,3)20(4,18-15-11-7-5-8-12-15)19-16-13-9-6-10-14-16/h5-14H,1-4H3/q+1. The lowest BCUT2D eigenvalue weighted by Gasteiger charge is -2.31. The lowest BCUT2D eigenvalue weighted by atomic mass is 10.3. The first-order chi connectivity index (χ1) is 9.41. The molecule has 0 aliphatic heterocycles. The molecule has 0 fully saturated rings. The minimum absolute atomic E-state index is 0.0708. The number of rotatable bonds is 4. The number of benzene rings is 2. The third-order valence-electron chi connectivity index (χ3n) is 3.26. The average Bonchev–Trinajstić information content (AvgIpc) is 2.39. The van der Waals surface area contributed by atoms with E-state index >= 15 is 0 Å². The molecule has 2 rings (SSSR count). The van der Waals surface area contributed by atoms with E-state index in [1.54, 1.807) is 0 Å². The van der Waals surface area contributed by atoms with E-state index in [9.17, 15) is 0 Å². The Morgan fingerprint density at radius 2 is 1.05 bits per heavy atom. The van der Waals surface area contributed by atoms with Crippen molar-refractivity contribution < 1.29 is 9.05 Å². The molecule has 0 amide bonds. The Morgan fingerprint density at radius 1 is 0.700 bits per heavy atom. The molecular formula is C17H22O2P+. The summed E-state index contributed by atoms with van der Waals surface area (Å²) in [7, 11) is -2.10. The van der Waals surface area contributed by atoms with Crippen LogP contribution in [0.1, 0.15) is 20.8 Å². The molecule has 0 aliphatic rings. The Hall–Kier alpha value is -1.53. The van der Waals surface area contributed by atoms with Crippen LogP contribution in [0.3, 0.4) is 0 Å². The minimum Gasteiger partial charge on any atom is -0.310 e. The molecule has 0 saturated carbocycles. The van der Waals surface area contributed by atoms with Crippen molar-refractivity contribution in [1.29, 1.82) is 0 Å². The van der Waals surface area contributed by atoms with Crippen molar-refractivity contribution in [2.45, 2.75) is 25.9 Å². The summed E-state index contributed by atoms with van der Waals surface area (Å²) in [5.41, 5.74) is 0. The molecule has 0 unspecified atom stereocenters. The first kappa shape index (κ1) is 14.9. The zero-order valence-electron chi connectivity index (χ0n) is 12.5. The molecule has 0 atom stereocenters. The monoisotopic (exact) mass is 289 g/mol. The fourth-order valence-electron chi connectivity index (χ4n) is 1.66. The minimum atomic E-state index is -2.10. The van der Waals surface area contributed by atoms with Crippen LogP contribution in [-0.4, -0.2) is 11.8 Å². The molecule has 106 valence electrons. The molecule has 0 N–H and O–H groups in total. The molecule has 0 radical (unpaired) electrons.